The molecule has 0 aliphatic rings. The minimum Gasteiger partial charge on any atom is -0.480 e. The van der Waals surface area contributed by atoms with Crippen LogP contribution >= 0.6 is 0 Å². The number of carboxylic acids is 1. The Balaban J connectivity index is 4.23. The van der Waals surface area contributed by atoms with Crippen molar-refractivity contribution in [2.24, 2.45) is 0 Å². The highest BCUT2D eigenvalue weighted by atomic mass is 16.5. The average Bonchev–Trinajstić information content (AvgIpc) is 3.08. The van der Waals surface area contributed by atoms with E-state index in [0.29, 0.717) is 12.8 Å². The zero-order valence-corrected chi connectivity index (χ0v) is 30.7. The fraction of sp³-hybridized carbons (Fsp3) is 0.700. The van der Waals surface area contributed by atoms with E-state index in [9.17, 15) is 19.2 Å². The molecule has 0 rings (SSSR count). The van der Waals surface area contributed by atoms with E-state index in [1.165, 1.54) is 32.1 Å². The first-order valence-electron chi connectivity index (χ1n) is 19.0. The summed E-state index contributed by atoms with van der Waals surface area (Å²) in [6, 6.07) is -1.38. The first kappa shape index (κ1) is 45.8. The van der Waals surface area contributed by atoms with E-state index in [1.807, 2.05) is 0 Å². The van der Waals surface area contributed by atoms with E-state index in [0.717, 1.165) is 89.9 Å². The van der Waals surface area contributed by atoms with Gasteiger partial charge in [0.1, 0.15) is 12.1 Å². The van der Waals surface area contributed by atoms with Crippen molar-refractivity contribution in [2.45, 2.75) is 167 Å². The lowest BCUT2D eigenvalue weighted by Gasteiger charge is -2.18. The number of hydrogen-bond acceptors (Lipinski definition) is 6. The van der Waals surface area contributed by atoms with Crippen molar-refractivity contribution < 1.29 is 34.1 Å². The topological polar surface area (TPSA) is 142 Å². The van der Waals surface area contributed by atoms with Gasteiger partial charge in [0.25, 0.3) is 0 Å². The first-order valence-corrected chi connectivity index (χ1v) is 19.0. The molecule has 0 aliphatic carbocycles. The molecule has 9 nitrogen and oxygen atoms in total. The largest absolute Gasteiger partial charge is 0.480 e. The number of nitrogens with one attached hydrogen (secondary N) is 2. The molecule has 0 saturated heterocycles. The maximum Gasteiger partial charge on any atom is 0.328 e. The molecular formula is C40H68N2O7. The van der Waals surface area contributed by atoms with Crippen LogP contribution in [0.25, 0.3) is 0 Å². The molecule has 0 aliphatic heterocycles. The van der Waals surface area contributed by atoms with Crippen LogP contribution in [-0.2, 0) is 23.9 Å². The molecule has 0 spiro atoms. The smallest absolute Gasteiger partial charge is 0.328 e. The summed E-state index contributed by atoms with van der Waals surface area (Å²) in [5, 5.41) is 22.5. The quantitative estimate of drug-likeness (QED) is 0.0308. The predicted molar refractivity (Wildman–Crippen MR) is 199 cm³/mol. The highest BCUT2D eigenvalue weighted by molar-refractivity contribution is 5.87. The summed E-state index contributed by atoms with van der Waals surface area (Å²) in [6.07, 6.45) is 38.6. The molecule has 0 aromatic rings. The molecule has 0 fully saturated rings. The first-order chi connectivity index (χ1) is 23.8. The van der Waals surface area contributed by atoms with Crippen LogP contribution in [0.1, 0.15) is 155 Å². The zero-order chi connectivity index (χ0) is 36.2. The third-order valence-corrected chi connectivity index (χ3v) is 8.09. The maximum atomic E-state index is 12.6. The molecule has 2 amide bonds. The van der Waals surface area contributed by atoms with E-state index < -0.39 is 24.5 Å². The number of unbranched alkanes of at least 4 members (excludes halogenated alkanes) is 11. The Labute approximate surface area is 297 Å². The molecule has 49 heavy (non-hydrogen) atoms. The standard InChI is InChI=1S/C40H68N2O7/c1-3-5-7-9-11-12-13-14-15-16-17-18-19-24-28-32-39(46)49-35(29-25-21-10-8-6-4-2)30-26-22-20-23-27-31-37(44)41-33-38(45)42-36(34-43)40(47)48/h5,7,11-12,14-15,17-18,35-36,43H,3-4,6,8-10,13,16,19-34H2,1-2H3,(H,41,44)(H,42,45)(H,47,48)/b7-5-,12-11-,15-14-,18-17-. The molecule has 280 valence electrons. The van der Waals surface area contributed by atoms with Crippen LogP contribution in [-0.4, -0.2) is 59.3 Å². The van der Waals surface area contributed by atoms with E-state index in [-0.39, 0.29) is 30.9 Å². The summed E-state index contributed by atoms with van der Waals surface area (Å²) in [4.78, 5) is 47.3. The highest BCUT2D eigenvalue weighted by Gasteiger charge is 2.19. The van der Waals surface area contributed by atoms with Gasteiger partial charge < -0.3 is 25.6 Å². The van der Waals surface area contributed by atoms with Crippen molar-refractivity contribution in [1.29, 1.82) is 0 Å². The number of allylic oxidation sites excluding steroid dienone is 8. The molecule has 2 unspecified atom stereocenters. The van der Waals surface area contributed by atoms with Gasteiger partial charge in [0, 0.05) is 12.8 Å². The van der Waals surface area contributed by atoms with Crippen molar-refractivity contribution in [3.8, 4) is 0 Å². The van der Waals surface area contributed by atoms with E-state index >= 15 is 0 Å². The van der Waals surface area contributed by atoms with E-state index in [2.05, 4.69) is 73.1 Å². The monoisotopic (exact) mass is 689 g/mol. The van der Waals surface area contributed by atoms with Crippen molar-refractivity contribution in [3.63, 3.8) is 0 Å². The third kappa shape index (κ3) is 31.8. The lowest BCUT2D eigenvalue weighted by Crippen LogP contribution is -2.47. The van der Waals surface area contributed by atoms with Gasteiger partial charge in [-0.2, -0.15) is 0 Å². The van der Waals surface area contributed by atoms with Crippen LogP contribution < -0.4 is 10.6 Å². The van der Waals surface area contributed by atoms with Gasteiger partial charge >= 0.3 is 11.9 Å². The Morgan fingerprint density at radius 3 is 1.73 bits per heavy atom. The van der Waals surface area contributed by atoms with Crippen LogP contribution in [0, 0.1) is 0 Å². The molecular weight excluding hydrogens is 620 g/mol. The molecule has 0 heterocycles. The molecule has 0 aromatic carbocycles. The summed E-state index contributed by atoms with van der Waals surface area (Å²) in [7, 11) is 0. The summed E-state index contributed by atoms with van der Waals surface area (Å²) >= 11 is 0. The number of amides is 2. The van der Waals surface area contributed by atoms with E-state index in [4.69, 9.17) is 14.9 Å². The van der Waals surface area contributed by atoms with Crippen LogP contribution in [0.4, 0.5) is 0 Å². The summed E-state index contributed by atoms with van der Waals surface area (Å²) in [5.41, 5.74) is 0. The second-order valence-corrected chi connectivity index (χ2v) is 12.6. The van der Waals surface area contributed by atoms with Gasteiger partial charge in [-0.1, -0.05) is 114 Å². The van der Waals surface area contributed by atoms with Gasteiger partial charge in [-0.05, 0) is 77.0 Å². The summed E-state index contributed by atoms with van der Waals surface area (Å²) < 4.78 is 5.94. The Kier molecular flexibility index (Phi) is 32.4. The van der Waals surface area contributed by atoms with Gasteiger partial charge in [-0.3, -0.25) is 14.4 Å². The lowest BCUT2D eigenvalue weighted by atomic mass is 10.0. The van der Waals surface area contributed by atoms with E-state index in [1.54, 1.807) is 0 Å². The molecule has 9 heteroatoms. The number of esters is 1. The average molecular weight is 689 g/mol. The van der Waals surface area contributed by atoms with Crippen molar-refractivity contribution in [3.05, 3.63) is 48.6 Å². The van der Waals surface area contributed by atoms with Crippen molar-refractivity contribution in [2.75, 3.05) is 13.2 Å². The van der Waals surface area contributed by atoms with Crippen LogP contribution in [0.5, 0.6) is 0 Å². The van der Waals surface area contributed by atoms with Crippen LogP contribution in [0.15, 0.2) is 48.6 Å². The minimum atomic E-state index is -1.38. The molecule has 0 saturated carbocycles. The molecule has 0 aromatic heterocycles. The number of carbonyl (C=O) groups excluding carboxylic acids is 3. The van der Waals surface area contributed by atoms with Gasteiger partial charge in [0.2, 0.25) is 11.8 Å². The summed E-state index contributed by atoms with van der Waals surface area (Å²) in [6.45, 7) is 3.32. The second-order valence-electron chi connectivity index (χ2n) is 12.6. The van der Waals surface area contributed by atoms with Crippen LogP contribution in [0.2, 0.25) is 0 Å². The Morgan fingerprint density at radius 1 is 0.633 bits per heavy atom. The number of carbonyl (C=O) groups is 4. The zero-order valence-electron chi connectivity index (χ0n) is 30.7. The number of aliphatic hydroxyl groups excluding tert-OH is 1. The number of aliphatic hydroxyl groups is 1. The second kappa shape index (κ2) is 34.7. The Bertz CT molecular complexity index is 974. The number of carboxylic acid groups (broad SMARTS) is 1. The number of aliphatic carboxylic acids is 1. The predicted octanol–water partition coefficient (Wildman–Crippen LogP) is 8.42. The number of hydrogen-bond donors (Lipinski definition) is 4. The summed E-state index contributed by atoms with van der Waals surface area (Å²) in [5.74, 6) is -2.35. The van der Waals surface area contributed by atoms with Gasteiger partial charge in [-0.25, -0.2) is 4.79 Å². The van der Waals surface area contributed by atoms with Gasteiger partial charge in [0.05, 0.1) is 13.2 Å². The normalized spacial score (nSPS) is 13.0. The van der Waals surface area contributed by atoms with Crippen LogP contribution in [0.3, 0.4) is 0 Å². The molecule has 4 N–H and O–H groups in total. The Morgan fingerprint density at radius 2 is 1.16 bits per heavy atom. The SMILES string of the molecule is CC/C=C\C/C=C\C/C=C\C/C=C\CCCCC(=O)OC(CCCCCCCC)CCCCCCCC(=O)NCC(=O)NC(CO)C(=O)O. The highest BCUT2D eigenvalue weighted by Crippen LogP contribution is 2.18. The molecule has 0 bridgehead atoms. The fourth-order valence-corrected chi connectivity index (χ4v) is 5.17. The van der Waals surface area contributed by atoms with Gasteiger partial charge in [0.15, 0.2) is 0 Å². The minimum absolute atomic E-state index is 0.0310. The third-order valence-electron chi connectivity index (χ3n) is 8.09. The molecule has 2 atom stereocenters. The van der Waals surface area contributed by atoms with Crippen molar-refractivity contribution >= 4 is 23.8 Å². The Hall–Kier alpha value is -3.20. The van der Waals surface area contributed by atoms with Crippen molar-refractivity contribution in [1.82, 2.24) is 10.6 Å². The maximum absolute atomic E-state index is 12.6. The molecule has 0 radical (unpaired) electrons. The van der Waals surface area contributed by atoms with Gasteiger partial charge in [-0.15, -0.1) is 0 Å². The number of rotatable bonds is 33. The number of ether oxygens (including phenoxy) is 1. The fourth-order valence-electron chi connectivity index (χ4n) is 5.17. The lowest BCUT2D eigenvalue weighted by molar-refractivity contribution is -0.150.